The van der Waals surface area contributed by atoms with Crippen molar-refractivity contribution in [2.24, 2.45) is 0 Å². The first-order valence-electron chi connectivity index (χ1n) is 6.94. The summed E-state index contributed by atoms with van der Waals surface area (Å²) in [5.41, 5.74) is 2.07. The van der Waals surface area contributed by atoms with Crippen LogP contribution in [0.3, 0.4) is 0 Å². The molecule has 110 valence electrons. The molecular weight excluding hydrogens is 285 g/mol. The van der Waals surface area contributed by atoms with Gasteiger partial charge in [0.2, 0.25) is 0 Å². The van der Waals surface area contributed by atoms with Gasteiger partial charge in [-0.2, -0.15) is 0 Å². The van der Waals surface area contributed by atoms with Crippen LogP contribution in [-0.2, 0) is 11.1 Å². The van der Waals surface area contributed by atoms with Gasteiger partial charge in [-0.25, -0.2) is 0 Å². The standard InChI is InChI=1S/C16H18NO3P/c18-21(19,20)16-15(14-9-5-2-6-10-14)12-17(16)11-13-7-3-1-4-8-13/h1-10,15-16H,11-12H2,(H2,18,19,20)/t15-,16-/m1/s1. The lowest BCUT2D eigenvalue weighted by atomic mass is 9.90. The van der Waals surface area contributed by atoms with Crippen LogP contribution >= 0.6 is 7.60 Å². The van der Waals surface area contributed by atoms with Crippen LogP contribution in [0.1, 0.15) is 17.0 Å². The molecule has 1 heterocycles. The maximum Gasteiger partial charge on any atom is 0.343 e. The van der Waals surface area contributed by atoms with Crippen molar-refractivity contribution in [3.8, 4) is 0 Å². The third kappa shape index (κ3) is 3.09. The van der Waals surface area contributed by atoms with E-state index in [0.29, 0.717) is 13.1 Å². The second-order valence-electron chi connectivity index (χ2n) is 5.43. The van der Waals surface area contributed by atoms with Crippen molar-refractivity contribution in [3.05, 3.63) is 71.8 Å². The Hall–Kier alpha value is -1.45. The fourth-order valence-corrected chi connectivity index (χ4v) is 4.31. The Morgan fingerprint density at radius 2 is 1.57 bits per heavy atom. The molecule has 5 heteroatoms. The van der Waals surface area contributed by atoms with Crippen LogP contribution in [-0.4, -0.2) is 27.0 Å². The molecule has 1 fully saturated rings. The summed E-state index contributed by atoms with van der Waals surface area (Å²) in [6.07, 6.45) is 0. The summed E-state index contributed by atoms with van der Waals surface area (Å²) in [7, 11) is -4.16. The van der Waals surface area contributed by atoms with E-state index in [9.17, 15) is 14.4 Å². The van der Waals surface area contributed by atoms with Gasteiger partial charge in [0.05, 0.1) is 0 Å². The second-order valence-corrected chi connectivity index (χ2v) is 7.14. The Bertz CT molecular complexity index is 641. The Balaban J connectivity index is 1.80. The lowest BCUT2D eigenvalue weighted by Crippen LogP contribution is -2.53. The molecule has 2 atom stereocenters. The van der Waals surface area contributed by atoms with Gasteiger partial charge >= 0.3 is 7.60 Å². The van der Waals surface area contributed by atoms with Crippen molar-refractivity contribution < 1.29 is 14.4 Å². The normalized spacial score (nSPS) is 22.8. The molecule has 2 N–H and O–H groups in total. The minimum absolute atomic E-state index is 0.101. The number of likely N-dealkylation sites (tertiary alicyclic amines) is 1. The minimum Gasteiger partial charge on any atom is -0.323 e. The summed E-state index contributed by atoms with van der Waals surface area (Å²) in [4.78, 5) is 21.2. The van der Waals surface area contributed by atoms with Crippen molar-refractivity contribution in [1.29, 1.82) is 0 Å². The summed E-state index contributed by atoms with van der Waals surface area (Å²) < 4.78 is 11.9. The van der Waals surface area contributed by atoms with Crippen LogP contribution in [0, 0.1) is 0 Å². The van der Waals surface area contributed by atoms with Gasteiger partial charge in [-0.1, -0.05) is 60.7 Å². The predicted octanol–water partition coefficient (Wildman–Crippen LogP) is 2.79. The average Bonchev–Trinajstić information content (AvgIpc) is 2.43. The quantitative estimate of drug-likeness (QED) is 0.853. The number of rotatable bonds is 4. The molecule has 21 heavy (non-hydrogen) atoms. The van der Waals surface area contributed by atoms with E-state index < -0.39 is 13.4 Å². The molecule has 2 aromatic rings. The first kappa shape index (κ1) is 14.5. The molecule has 4 nitrogen and oxygen atoms in total. The molecular formula is C16H18NO3P. The number of hydrogen-bond acceptors (Lipinski definition) is 2. The molecule has 0 saturated carbocycles. The fourth-order valence-electron chi connectivity index (χ4n) is 2.97. The maximum atomic E-state index is 11.9. The Morgan fingerprint density at radius 1 is 1.00 bits per heavy atom. The van der Waals surface area contributed by atoms with Crippen LogP contribution in [0.25, 0.3) is 0 Å². The van der Waals surface area contributed by atoms with Crippen molar-refractivity contribution >= 4 is 7.60 Å². The zero-order valence-electron chi connectivity index (χ0n) is 11.5. The van der Waals surface area contributed by atoms with E-state index in [0.717, 1.165) is 11.1 Å². The topological polar surface area (TPSA) is 60.8 Å². The van der Waals surface area contributed by atoms with Gasteiger partial charge in [-0.3, -0.25) is 9.46 Å². The van der Waals surface area contributed by atoms with Gasteiger partial charge in [0.25, 0.3) is 0 Å². The molecule has 1 aliphatic rings. The smallest absolute Gasteiger partial charge is 0.323 e. The highest BCUT2D eigenvalue weighted by atomic mass is 31.2. The predicted molar refractivity (Wildman–Crippen MR) is 81.9 cm³/mol. The molecule has 1 aliphatic heterocycles. The summed E-state index contributed by atoms with van der Waals surface area (Å²) in [6.45, 7) is 1.24. The van der Waals surface area contributed by atoms with Gasteiger partial charge in [-0.15, -0.1) is 0 Å². The largest absolute Gasteiger partial charge is 0.343 e. The first-order chi connectivity index (χ1) is 10.1. The van der Waals surface area contributed by atoms with E-state index in [1.54, 1.807) is 0 Å². The van der Waals surface area contributed by atoms with Crippen molar-refractivity contribution in [3.63, 3.8) is 0 Å². The van der Waals surface area contributed by atoms with E-state index in [1.165, 1.54) is 0 Å². The van der Waals surface area contributed by atoms with Gasteiger partial charge < -0.3 is 9.79 Å². The third-order valence-corrected chi connectivity index (χ3v) is 5.34. The van der Waals surface area contributed by atoms with E-state index >= 15 is 0 Å². The number of benzene rings is 2. The lowest BCUT2D eigenvalue weighted by molar-refractivity contribution is 0.0851. The van der Waals surface area contributed by atoms with E-state index in [2.05, 4.69) is 0 Å². The molecule has 0 aliphatic carbocycles. The zero-order chi connectivity index (χ0) is 14.9. The highest BCUT2D eigenvalue weighted by Crippen LogP contribution is 2.55. The van der Waals surface area contributed by atoms with Crippen LogP contribution in [0.4, 0.5) is 0 Å². The minimum atomic E-state index is -4.16. The van der Waals surface area contributed by atoms with Crippen molar-refractivity contribution in [2.45, 2.75) is 18.2 Å². The monoisotopic (exact) mass is 303 g/mol. The SMILES string of the molecule is O=P(O)(O)[C@@H]1[C@@H](c2ccccc2)CN1Cc1ccccc1. The molecule has 3 rings (SSSR count). The van der Waals surface area contributed by atoms with Crippen LogP contribution < -0.4 is 0 Å². The van der Waals surface area contributed by atoms with Gasteiger partial charge in [-0.05, 0) is 11.1 Å². The highest BCUT2D eigenvalue weighted by Gasteiger charge is 2.49. The highest BCUT2D eigenvalue weighted by molar-refractivity contribution is 7.52. The first-order valence-corrected chi connectivity index (χ1v) is 8.62. The van der Waals surface area contributed by atoms with E-state index in [1.807, 2.05) is 65.6 Å². The fraction of sp³-hybridized carbons (Fsp3) is 0.250. The molecule has 0 aromatic heterocycles. The molecule has 2 aromatic carbocycles. The number of hydrogen-bond donors (Lipinski definition) is 2. The Labute approximate surface area is 124 Å². The van der Waals surface area contributed by atoms with Crippen LogP contribution in [0.15, 0.2) is 60.7 Å². The Morgan fingerprint density at radius 3 is 2.14 bits per heavy atom. The molecule has 0 bridgehead atoms. The number of nitrogens with zero attached hydrogens (tertiary/aromatic N) is 1. The van der Waals surface area contributed by atoms with Crippen LogP contribution in [0.2, 0.25) is 0 Å². The van der Waals surface area contributed by atoms with Gasteiger partial charge in [0, 0.05) is 19.0 Å². The summed E-state index contributed by atoms with van der Waals surface area (Å²) in [5, 5.41) is 0. The lowest BCUT2D eigenvalue weighted by Gasteiger charge is -2.48. The van der Waals surface area contributed by atoms with Gasteiger partial charge in [0.15, 0.2) is 0 Å². The summed E-state index contributed by atoms with van der Waals surface area (Å²) in [5.74, 6) is -0.823. The molecule has 0 radical (unpaired) electrons. The average molecular weight is 303 g/mol. The molecule has 1 saturated heterocycles. The second kappa shape index (κ2) is 5.74. The molecule has 0 unspecified atom stereocenters. The third-order valence-electron chi connectivity index (χ3n) is 3.97. The van der Waals surface area contributed by atoms with Crippen LogP contribution in [0.5, 0.6) is 0 Å². The van der Waals surface area contributed by atoms with E-state index in [-0.39, 0.29) is 5.92 Å². The zero-order valence-corrected chi connectivity index (χ0v) is 12.4. The Kier molecular flexibility index (Phi) is 3.96. The molecule has 0 spiro atoms. The van der Waals surface area contributed by atoms with E-state index in [4.69, 9.17) is 0 Å². The van der Waals surface area contributed by atoms with Crippen molar-refractivity contribution in [2.75, 3.05) is 6.54 Å². The van der Waals surface area contributed by atoms with Crippen molar-refractivity contribution in [1.82, 2.24) is 4.90 Å². The molecule has 0 amide bonds. The summed E-state index contributed by atoms with van der Waals surface area (Å²) in [6, 6.07) is 19.4. The maximum absolute atomic E-state index is 11.9. The summed E-state index contributed by atoms with van der Waals surface area (Å²) >= 11 is 0. The van der Waals surface area contributed by atoms with Gasteiger partial charge in [0.1, 0.15) is 5.78 Å².